The minimum atomic E-state index is -1.53. The predicted octanol–water partition coefficient (Wildman–Crippen LogP) is 3.57. The van der Waals surface area contributed by atoms with Crippen molar-refractivity contribution >= 4 is 41.1 Å². The molecule has 0 aliphatic carbocycles. The number of thioether (sulfide) groups is 1. The van der Waals surface area contributed by atoms with Crippen LogP contribution in [0.1, 0.15) is 41.5 Å². The molecule has 9 heteroatoms. The molecule has 1 amide bonds. The number of hydrogen-bond acceptors (Lipinski definition) is 6. The van der Waals surface area contributed by atoms with E-state index in [1.165, 1.54) is 11.8 Å². The maximum Gasteiger partial charge on any atom is 0.335 e. The molecule has 0 saturated heterocycles. The first-order valence-corrected chi connectivity index (χ1v) is 10.4. The Morgan fingerprint density at radius 3 is 2.03 bits per heavy atom. The summed E-state index contributed by atoms with van der Waals surface area (Å²) in [5.41, 5.74) is -0.703. The molecule has 0 spiro atoms. The maximum absolute atomic E-state index is 13.1. The van der Waals surface area contributed by atoms with E-state index in [-0.39, 0.29) is 16.8 Å². The number of benzene rings is 2. The van der Waals surface area contributed by atoms with Crippen molar-refractivity contribution in [1.82, 2.24) is 0 Å². The van der Waals surface area contributed by atoms with Crippen molar-refractivity contribution in [3.8, 4) is 5.75 Å². The number of ether oxygens (including phenoxy) is 1. The van der Waals surface area contributed by atoms with Crippen molar-refractivity contribution in [3.05, 3.63) is 59.7 Å². The quantitative estimate of drug-likeness (QED) is 0.473. The highest BCUT2D eigenvalue weighted by Gasteiger charge is 2.39. The van der Waals surface area contributed by atoms with Gasteiger partial charge in [-0.1, -0.05) is 25.1 Å². The van der Waals surface area contributed by atoms with Crippen LogP contribution in [0, 0.1) is 0 Å². The lowest BCUT2D eigenvalue weighted by Gasteiger charge is -2.27. The Morgan fingerprint density at radius 2 is 1.55 bits per heavy atom. The fraction of sp³-hybridized carbons (Fsp3) is 0.273. The summed E-state index contributed by atoms with van der Waals surface area (Å²) in [5, 5.41) is 20.9. The zero-order valence-corrected chi connectivity index (χ0v) is 18.1. The van der Waals surface area contributed by atoms with Crippen molar-refractivity contribution in [3.63, 3.8) is 0 Å². The molecule has 0 bridgehead atoms. The topological polar surface area (TPSA) is 130 Å². The lowest BCUT2D eigenvalue weighted by atomic mass is 10.0. The number of carboxylic acid groups (broad SMARTS) is 2. The second-order valence-corrected chi connectivity index (χ2v) is 8.90. The molecule has 0 fully saturated rings. The van der Waals surface area contributed by atoms with Crippen LogP contribution in [0.25, 0.3) is 0 Å². The summed E-state index contributed by atoms with van der Waals surface area (Å²) in [7, 11) is 0. The Labute approximate surface area is 183 Å². The number of carboxylic acids is 2. The lowest BCUT2D eigenvalue weighted by molar-refractivity contribution is -0.136. The molecule has 8 nitrogen and oxygen atoms in total. The first kappa shape index (κ1) is 23.9. The van der Waals surface area contributed by atoms with Gasteiger partial charge in [0.25, 0.3) is 5.91 Å². The van der Waals surface area contributed by atoms with Gasteiger partial charge in [0.15, 0.2) is 5.78 Å². The number of nitrogens with one attached hydrogen (secondary N) is 1. The van der Waals surface area contributed by atoms with Gasteiger partial charge < -0.3 is 20.3 Å². The SMILES string of the molecule is CCSC(C)(C)C(=O)C(Oc1ccccc1)C(=O)Nc1cc(C(=O)O)cc(C(=O)O)c1. The molecule has 0 aliphatic heterocycles. The smallest absolute Gasteiger partial charge is 0.335 e. The average molecular weight is 445 g/mol. The molecule has 0 saturated carbocycles. The van der Waals surface area contributed by atoms with Gasteiger partial charge >= 0.3 is 11.9 Å². The van der Waals surface area contributed by atoms with Gasteiger partial charge in [-0.2, -0.15) is 0 Å². The number of amides is 1. The normalized spacial score (nSPS) is 12.0. The molecular formula is C22H23NO7S. The van der Waals surface area contributed by atoms with Crippen molar-refractivity contribution in [2.24, 2.45) is 0 Å². The van der Waals surface area contributed by atoms with Crippen LogP contribution in [0.4, 0.5) is 5.69 Å². The molecule has 0 aliphatic rings. The average Bonchev–Trinajstić information content (AvgIpc) is 2.71. The third kappa shape index (κ3) is 6.32. The van der Waals surface area contributed by atoms with E-state index in [1.54, 1.807) is 44.2 Å². The fourth-order valence-corrected chi connectivity index (χ4v) is 3.73. The minimum absolute atomic E-state index is 0.0716. The molecule has 1 unspecified atom stereocenters. The molecule has 0 radical (unpaired) electrons. The minimum Gasteiger partial charge on any atom is -0.478 e. The Kier molecular flexibility index (Phi) is 7.82. The highest BCUT2D eigenvalue weighted by molar-refractivity contribution is 8.01. The molecule has 164 valence electrons. The first-order valence-electron chi connectivity index (χ1n) is 9.37. The van der Waals surface area contributed by atoms with Crippen LogP contribution in [0.3, 0.4) is 0 Å². The number of ketones is 1. The summed E-state index contributed by atoms with van der Waals surface area (Å²) < 4.78 is 4.76. The largest absolute Gasteiger partial charge is 0.478 e. The number of rotatable bonds is 10. The second kappa shape index (κ2) is 10.1. The van der Waals surface area contributed by atoms with Gasteiger partial charge in [-0.15, -0.1) is 11.8 Å². The van der Waals surface area contributed by atoms with Crippen LogP contribution in [0.2, 0.25) is 0 Å². The van der Waals surface area contributed by atoms with Gasteiger partial charge in [-0.25, -0.2) is 9.59 Å². The van der Waals surface area contributed by atoms with Crippen molar-refractivity contribution in [1.29, 1.82) is 0 Å². The van der Waals surface area contributed by atoms with E-state index < -0.39 is 34.5 Å². The summed E-state index contributed by atoms with van der Waals surface area (Å²) in [6.07, 6.45) is -1.53. The molecule has 2 aromatic carbocycles. The third-order valence-electron chi connectivity index (χ3n) is 4.27. The monoisotopic (exact) mass is 445 g/mol. The number of carbonyl (C=O) groups is 4. The maximum atomic E-state index is 13.1. The number of anilines is 1. The number of aromatic carboxylic acids is 2. The van der Waals surface area contributed by atoms with Crippen LogP contribution in [-0.4, -0.2) is 50.4 Å². The molecule has 0 aromatic heterocycles. The highest BCUT2D eigenvalue weighted by atomic mass is 32.2. The van der Waals surface area contributed by atoms with Crippen LogP contribution in [-0.2, 0) is 9.59 Å². The summed E-state index contributed by atoms with van der Waals surface area (Å²) in [4.78, 5) is 48.8. The number of hydrogen-bond donors (Lipinski definition) is 3. The second-order valence-electron chi connectivity index (χ2n) is 7.02. The standard InChI is InChI=1S/C22H23NO7S/c1-4-31-22(2,3)18(24)17(30-16-8-6-5-7-9-16)19(25)23-15-11-13(20(26)27)10-14(12-15)21(28)29/h5-12,17H,4H2,1-3H3,(H,23,25)(H,26,27)(H,28,29). The van der Waals surface area contributed by atoms with Gasteiger partial charge in [0.1, 0.15) is 5.75 Å². The van der Waals surface area contributed by atoms with Crippen molar-refractivity contribution in [2.75, 3.05) is 11.1 Å². The van der Waals surface area contributed by atoms with Crippen molar-refractivity contribution < 1.29 is 34.1 Å². The number of para-hydroxylation sites is 1. The van der Waals surface area contributed by atoms with E-state index in [0.29, 0.717) is 11.5 Å². The van der Waals surface area contributed by atoms with E-state index in [0.717, 1.165) is 18.2 Å². The van der Waals surface area contributed by atoms with Gasteiger partial charge in [-0.05, 0) is 49.9 Å². The van der Waals surface area contributed by atoms with E-state index >= 15 is 0 Å². The molecule has 2 rings (SSSR count). The number of Topliss-reactive ketones (excluding diaryl/α,β-unsaturated/α-hetero) is 1. The van der Waals surface area contributed by atoms with E-state index in [4.69, 9.17) is 4.74 Å². The van der Waals surface area contributed by atoms with E-state index in [1.807, 2.05) is 6.92 Å². The molecule has 3 N–H and O–H groups in total. The Hall–Kier alpha value is -3.33. The van der Waals surface area contributed by atoms with Gasteiger partial charge in [-0.3, -0.25) is 9.59 Å². The first-order chi connectivity index (χ1) is 14.5. The summed E-state index contributed by atoms with van der Waals surface area (Å²) in [5.74, 6) is -3.08. The van der Waals surface area contributed by atoms with Gasteiger partial charge in [0.05, 0.1) is 15.9 Å². The molecule has 1 atom stereocenters. The zero-order chi connectivity index (χ0) is 23.2. The van der Waals surface area contributed by atoms with Crippen LogP contribution >= 0.6 is 11.8 Å². The third-order valence-corrected chi connectivity index (χ3v) is 5.48. The molecular weight excluding hydrogens is 422 g/mol. The predicted molar refractivity (Wildman–Crippen MR) is 117 cm³/mol. The molecule has 0 heterocycles. The molecule has 2 aromatic rings. The Balaban J connectivity index is 2.40. The Bertz CT molecular complexity index is 956. The van der Waals surface area contributed by atoms with Gasteiger partial charge in [0.2, 0.25) is 6.10 Å². The van der Waals surface area contributed by atoms with E-state index in [2.05, 4.69) is 5.32 Å². The van der Waals surface area contributed by atoms with Crippen molar-refractivity contribution in [2.45, 2.75) is 31.6 Å². The lowest BCUT2D eigenvalue weighted by Crippen LogP contribution is -2.48. The van der Waals surface area contributed by atoms with Gasteiger partial charge in [0, 0.05) is 5.69 Å². The summed E-state index contributed by atoms with van der Waals surface area (Å²) in [6, 6.07) is 11.5. The number of carbonyl (C=O) groups excluding carboxylic acids is 2. The highest BCUT2D eigenvalue weighted by Crippen LogP contribution is 2.28. The van der Waals surface area contributed by atoms with Crippen LogP contribution in [0.15, 0.2) is 48.5 Å². The Morgan fingerprint density at radius 1 is 1.00 bits per heavy atom. The summed E-state index contributed by atoms with van der Waals surface area (Å²) >= 11 is 1.35. The van der Waals surface area contributed by atoms with E-state index in [9.17, 15) is 29.4 Å². The van der Waals surface area contributed by atoms with Crippen LogP contribution < -0.4 is 10.1 Å². The van der Waals surface area contributed by atoms with Crippen LogP contribution in [0.5, 0.6) is 5.75 Å². The summed E-state index contributed by atoms with van der Waals surface area (Å²) in [6.45, 7) is 5.26. The fourth-order valence-electron chi connectivity index (χ4n) is 2.76. The molecule has 31 heavy (non-hydrogen) atoms. The zero-order valence-electron chi connectivity index (χ0n) is 17.2.